The molecule has 1 aromatic carbocycles. The Kier molecular flexibility index (Phi) is 4.17. The molecule has 3 heteroatoms. The number of halogens is 1. The molecule has 0 radical (unpaired) electrons. The summed E-state index contributed by atoms with van der Waals surface area (Å²) in [6.07, 6.45) is 1.70. The van der Waals surface area contributed by atoms with Gasteiger partial charge in [0.15, 0.2) is 0 Å². The third-order valence-electron chi connectivity index (χ3n) is 1.88. The Bertz CT molecular complexity index is 325. The van der Waals surface area contributed by atoms with Crippen LogP contribution in [-0.2, 0) is 0 Å². The minimum atomic E-state index is -0.186. The molecule has 0 bridgehead atoms. The summed E-state index contributed by atoms with van der Waals surface area (Å²) in [5, 5.41) is 0. The van der Waals surface area contributed by atoms with Gasteiger partial charge in [0, 0.05) is 10.0 Å². The molecule has 0 spiro atoms. The fourth-order valence-electron chi connectivity index (χ4n) is 1.19. The molecular weight excluding hydrogens is 242 g/mol. The normalized spacial score (nSPS) is 12.2. The maximum Gasteiger partial charge on any atom is 0.124 e. The van der Waals surface area contributed by atoms with E-state index in [0.29, 0.717) is 6.61 Å². The Balaban J connectivity index is 3.08. The van der Waals surface area contributed by atoms with Gasteiger partial charge in [-0.25, -0.2) is 0 Å². The van der Waals surface area contributed by atoms with Crippen LogP contribution in [0.25, 0.3) is 0 Å². The summed E-state index contributed by atoms with van der Waals surface area (Å²) in [4.78, 5) is 0. The third kappa shape index (κ3) is 2.59. The molecule has 2 nitrogen and oxygen atoms in total. The SMILES string of the molecule is C=C[C@H](N)c1cc(Br)ccc1OCC. The van der Waals surface area contributed by atoms with Crippen LogP contribution in [0, 0.1) is 0 Å². The lowest BCUT2D eigenvalue weighted by molar-refractivity contribution is 0.335. The van der Waals surface area contributed by atoms with Gasteiger partial charge in [-0.3, -0.25) is 0 Å². The molecule has 2 N–H and O–H groups in total. The first-order chi connectivity index (χ1) is 6.69. The van der Waals surface area contributed by atoms with Crippen molar-refractivity contribution in [3.8, 4) is 5.75 Å². The van der Waals surface area contributed by atoms with E-state index in [-0.39, 0.29) is 6.04 Å². The lowest BCUT2D eigenvalue weighted by Crippen LogP contribution is -2.09. The van der Waals surface area contributed by atoms with Crippen molar-refractivity contribution in [2.75, 3.05) is 6.61 Å². The van der Waals surface area contributed by atoms with Crippen molar-refractivity contribution < 1.29 is 4.74 Å². The van der Waals surface area contributed by atoms with E-state index in [4.69, 9.17) is 10.5 Å². The van der Waals surface area contributed by atoms with Gasteiger partial charge in [0.2, 0.25) is 0 Å². The monoisotopic (exact) mass is 255 g/mol. The second-order valence-electron chi connectivity index (χ2n) is 2.88. The van der Waals surface area contributed by atoms with Gasteiger partial charge in [-0.15, -0.1) is 6.58 Å². The van der Waals surface area contributed by atoms with Crippen LogP contribution in [0.15, 0.2) is 35.3 Å². The molecule has 0 unspecified atom stereocenters. The highest BCUT2D eigenvalue weighted by molar-refractivity contribution is 9.10. The van der Waals surface area contributed by atoms with Crippen molar-refractivity contribution in [2.24, 2.45) is 5.73 Å². The molecule has 0 aliphatic carbocycles. The van der Waals surface area contributed by atoms with Gasteiger partial charge in [-0.05, 0) is 25.1 Å². The van der Waals surface area contributed by atoms with Crippen LogP contribution >= 0.6 is 15.9 Å². The number of rotatable bonds is 4. The van der Waals surface area contributed by atoms with Crippen molar-refractivity contribution in [3.63, 3.8) is 0 Å². The highest BCUT2D eigenvalue weighted by atomic mass is 79.9. The molecule has 0 aromatic heterocycles. The lowest BCUT2D eigenvalue weighted by atomic mass is 10.1. The molecule has 14 heavy (non-hydrogen) atoms. The van der Waals surface area contributed by atoms with Crippen molar-refractivity contribution in [2.45, 2.75) is 13.0 Å². The molecule has 0 aliphatic rings. The number of ether oxygens (including phenoxy) is 1. The molecule has 0 saturated carbocycles. The van der Waals surface area contributed by atoms with Gasteiger partial charge >= 0.3 is 0 Å². The Labute approximate surface area is 92.9 Å². The van der Waals surface area contributed by atoms with Crippen molar-refractivity contribution in [3.05, 3.63) is 40.9 Å². The summed E-state index contributed by atoms with van der Waals surface area (Å²) in [7, 11) is 0. The van der Waals surface area contributed by atoms with E-state index < -0.39 is 0 Å². The lowest BCUT2D eigenvalue weighted by Gasteiger charge is -2.13. The summed E-state index contributed by atoms with van der Waals surface area (Å²) in [5.74, 6) is 0.822. The van der Waals surface area contributed by atoms with Crippen LogP contribution in [0.1, 0.15) is 18.5 Å². The molecule has 0 saturated heterocycles. The van der Waals surface area contributed by atoms with Crippen LogP contribution in [0.3, 0.4) is 0 Å². The maximum atomic E-state index is 5.88. The zero-order chi connectivity index (χ0) is 10.6. The molecule has 1 rings (SSSR count). The van der Waals surface area contributed by atoms with Crippen LogP contribution in [-0.4, -0.2) is 6.61 Å². The molecule has 0 fully saturated rings. The predicted molar refractivity (Wildman–Crippen MR) is 62.4 cm³/mol. The number of hydrogen-bond acceptors (Lipinski definition) is 2. The summed E-state index contributed by atoms with van der Waals surface area (Å²) < 4.78 is 6.46. The van der Waals surface area contributed by atoms with E-state index in [1.54, 1.807) is 6.08 Å². The smallest absolute Gasteiger partial charge is 0.124 e. The predicted octanol–water partition coefficient (Wildman–Crippen LogP) is 3.03. The van der Waals surface area contributed by atoms with Gasteiger partial charge in [-0.2, -0.15) is 0 Å². The van der Waals surface area contributed by atoms with E-state index in [1.165, 1.54) is 0 Å². The molecular formula is C11H14BrNO. The average molecular weight is 256 g/mol. The number of benzene rings is 1. The second-order valence-corrected chi connectivity index (χ2v) is 3.79. The second kappa shape index (κ2) is 5.17. The maximum absolute atomic E-state index is 5.88. The van der Waals surface area contributed by atoms with Gasteiger partial charge < -0.3 is 10.5 Å². The number of hydrogen-bond donors (Lipinski definition) is 1. The minimum Gasteiger partial charge on any atom is -0.494 e. The van der Waals surface area contributed by atoms with Crippen LogP contribution in [0.5, 0.6) is 5.75 Å². The van der Waals surface area contributed by atoms with Gasteiger partial charge in [0.05, 0.1) is 12.6 Å². The van der Waals surface area contributed by atoms with Crippen LogP contribution < -0.4 is 10.5 Å². The van der Waals surface area contributed by atoms with Gasteiger partial charge in [0.1, 0.15) is 5.75 Å². The molecule has 0 heterocycles. The Morgan fingerprint density at radius 3 is 2.93 bits per heavy atom. The molecule has 0 amide bonds. The van der Waals surface area contributed by atoms with Crippen LogP contribution in [0.4, 0.5) is 0 Å². The minimum absolute atomic E-state index is 0.186. The fraction of sp³-hybridized carbons (Fsp3) is 0.273. The Morgan fingerprint density at radius 2 is 2.36 bits per heavy atom. The highest BCUT2D eigenvalue weighted by Crippen LogP contribution is 2.27. The zero-order valence-electron chi connectivity index (χ0n) is 8.16. The quantitative estimate of drug-likeness (QED) is 0.840. The van der Waals surface area contributed by atoms with Gasteiger partial charge in [0.25, 0.3) is 0 Å². The summed E-state index contributed by atoms with van der Waals surface area (Å²) in [6, 6.07) is 5.61. The summed E-state index contributed by atoms with van der Waals surface area (Å²) in [6.45, 7) is 6.26. The fourth-order valence-corrected chi connectivity index (χ4v) is 1.57. The zero-order valence-corrected chi connectivity index (χ0v) is 9.75. The highest BCUT2D eigenvalue weighted by Gasteiger charge is 2.09. The molecule has 0 aliphatic heterocycles. The van der Waals surface area contributed by atoms with E-state index in [2.05, 4.69) is 22.5 Å². The van der Waals surface area contributed by atoms with E-state index in [9.17, 15) is 0 Å². The molecule has 76 valence electrons. The van der Waals surface area contributed by atoms with Crippen molar-refractivity contribution in [1.82, 2.24) is 0 Å². The third-order valence-corrected chi connectivity index (χ3v) is 2.38. The van der Waals surface area contributed by atoms with Crippen molar-refractivity contribution >= 4 is 15.9 Å². The summed E-state index contributed by atoms with van der Waals surface area (Å²) >= 11 is 3.40. The summed E-state index contributed by atoms with van der Waals surface area (Å²) in [5.41, 5.74) is 6.83. The average Bonchev–Trinajstić information content (AvgIpc) is 2.20. The van der Waals surface area contributed by atoms with Crippen molar-refractivity contribution in [1.29, 1.82) is 0 Å². The topological polar surface area (TPSA) is 35.2 Å². The van der Waals surface area contributed by atoms with Gasteiger partial charge in [-0.1, -0.05) is 22.0 Å². The molecule has 1 aromatic rings. The number of nitrogens with two attached hydrogens (primary N) is 1. The first-order valence-corrected chi connectivity index (χ1v) is 5.28. The first-order valence-electron chi connectivity index (χ1n) is 4.49. The Hall–Kier alpha value is -0.800. The molecule has 1 atom stereocenters. The van der Waals surface area contributed by atoms with E-state index in [0.717, 1.165) is 15.8 Å². The van der Waals surface area contributed by atoms with E-state index in [1.807, 2.05) is 25.1 Å². The standard InChI is InChI=1S/C11H14BrNO/c1-3-10(13)9-7-8(12)5-6-11(9)14-4-2/h3,5-7,10H,1,4,13H2,2H3/t10-/m0/s1. The first kappa shape index (κ1) is 11.3. The van der Waals surface area contributed by atoms with Crippen LogP contribution in [0.2, 0.25) is 0 Å². The largest absolute Gasteiger partial charge is 0.494 e. The van der Waals surface area contributed by atoms with E-state index >= 15 is 0 Å². The Morgan fingerprint density at radius 1 is 1.64 bits per heavy atom.